The zero-order valence-corrected chi connectivity index (χ0v) is 11.2. The van der Waals surface area contributed by atoms with Crippen LogP contribution in [0, 0.1) is 0 Å². The summed E-state index contributed by atoms with van der Waals surface area (Å²) in [6.07, 6.45) is 0.645. The Hall–Kier alpha value is -0.120. The molecule has 0 saturated carbocycles. The Bertz CT molecular complexity index is 144. The van der Waals surface area contributed by atoms with Gasteiger partial charge in [0.15, 0.2) is 0 Å². The SMILES string of the molecule is CCN(C(C)CC(C)O)C(C)CN(C)C. The predicted octanol–water partition coefficient (Wildman–Crippen LogP) is 1.42. The second-order valence-electron chi connectivity index (χ2n) is 4.88. The molecule has 0 aromatic heterocycles. The van der Waals surface area contributed by atoms with Gasteiger partial charge in [-0.3, -0.25) is 4.90 Å². The van der Waals surface area contributed by atoms with Crippen LogP contribution in [0.5, 0.6) is 0 Å². The van der Waals surface area contributed by atoms with Crippen LogP contribution in [-0.2, 0) is 0 Å². The molecular weight excluding hydrogens is 188 g/mol. The Morgan fingerprint density at radius 3 is 1.93 bits per heavy atom. The van der Waals surface area contributed by atoms with Gasteiger partial charge in [0.1, 0.15) is 0 Å². The highest BCUT2D eigenvalue weighted by Gasteiger charge is 2.19. The second kappa shape index (κ2) is 7.20. The van der Waals surface area contributed by atoms with Crippen LogP contribution in [0.1, 0.15) is 34.1 Å². The van der Waals surface area contributed by atoms with Gasteiger partial charge in [-0.2, -0.15) is 0 Å². The molecule has 0 fully saturated rings. The summed E-state index contributed by atoms with van der Waals surface area (Å²) >= 11 is 0. The minimum Gasteiger partial charge on any atom is -0.393 e. The zero-order chi connectivity index (χ0) is 12.0. The average molecular weight is 216 g/mol. The number of hydrogen-bond donors (Lipinski definition) is 1. The molecule has 0 aromatic carbocycles. The molecule has 15 heavy (non-hydrogen) atoms. The highest BCUT2D eigenvalue weighted by molar-refractivity contribution is 4.75. The van der Waals surface area contributed by atoms with Crippen LogP contribution in [0.4, 0.5) is 0 Å². The van der Waals surface area contributed by atoms with Crippen molar-refractivity contribution >= 4 is 0 Å². The minimum atomic E-state index is -0.208. The van der Waals surface area contributed by atoms with E-state index in [1.165, 1.54) is 0 Å². The Labute approximate surface area is 95.1 Å². The maximum absolute atomic E-state index is 9.39. The lowest BCUT2D eigenvalue weighted by Gasteiger charge is -2.35. The van der Waals surface area contributed by atoms with Gasteiger partial charge in [0.2, 0.25) is 0 Å². The smallest absolute Gasteiger partial charge is 0.0526 e. The number of rotatable bonds is 7. The minimum absolute atomic E-state index is 0.208. The molecule has 0 aliphatic rings. The van der Waals surface area contributed by atoms with Crippen molar-refractivity contribution in [3.05, 3.63) is 0 Å². The molecule has 0 bridgehead atoms. The Kier molecular flexibility index (Phi) is 7.14. The van der Waals surface area contributed by atoms with Gasteiger partial charge in [-0.15, -0.1) is 0 Å². The maximum Gasteiger partial charge on any atom is 0.0526 e. The lowest BCUT2D eigenvalue weighted by Crippen LogP contribution is -2.45. The summed E-state index contributed by atoms with van der Waals surface area (Å²) in [4.78, 5) is 4.66. The summed E-state index contributed by atoms with van der Waals surface area (Å²) in [5, 5.41) is 9.39. The standard InChI is InChI=1S/C12H28N2O/c1-7-14(10(2)8-12(4)15)11(3)9-13(5)6/h10-12,15H,7-9H2,1-6H3. The predicted molar refractivity (Wildman–Crippen MR) is 66.2 cm³/mol. The van der Waals surface area contributed by atoms with Gasteiger partial charge in [0.05, 0.1) is 6.10 Å². The van der Waals surface area contributed by atoms with Crippen molar-refractivity contribution in [3.63, 3.8) is 0 Å². The van der Waals surface area contributed by atoms with E-state index in [0.29, 0.717) is 12.1 Å². The quantitative estimate of drug-likeness (QED) is 0.697. The average Bonchev–Trinajstić information content (AvgIpc) is 2.01. The van der Waals surface area contributed by atoms with Crippen LogP contribution in [-0.4, -0.2) is 60.3 Å². The van der Waals surface area contributed by atoms with Crippen molar-refractivity contribution in [2.75, 3.05) is 27.2 Å². The molecule has 0 aliphatic heterocycles. The van der Waals surface area contributed by atoms with Gasteiger partial charge in [-0.25, -0.2) is 0 Å². The van der Waals surface area contributed by atoms with E-state index in [2.05, 4.69) is 44.7 Å². The fourth-order valence-corrected chi connectivity index (χ4v) is 2.32. The van der Waals surface area contributed by atoms with E-state index in [9.17, 15) is 5.11 Å². The molecule has 0 heterocycles. The lowest BCUT2D eigenvalue weighted by atomic mass is 10.1. The highest BCUT2D eigenvalue weighted by atomic mass is 16.3. The van der Waals surface area contributed by atoms with E-state index in [0.717, 1.165) is 19.5 Å². The normalized spacial score (nSPS) is 18.2. The summed E-state index contributed by atoms with van der Waals surface area (Å²) in [6.45, 7) is 10.6. The summed E-state index contributed by atoms with van der Waals surface area (Å²) in [7, 11) is 4.20. The van der Waals surface area contributed by atoms with Gasteiger partial charge in [-0.05, 0) is 47.8 Å². The third-order valence-electron chi connectivity index (χ3n) is 2.81. The summed E-state index contributed by atoms with van der Waals surface area (Å²) < 4.78 is 0. The third kappa shape index (κ3) is 6.13. The van der Waals surface area contributed by atoms with E-state index >= 15 is 0 Å². The fraction of sp³-hybridized carbons (Fsp3) is 1.00. The van der Waals surface area contributed by atoms with E-state index in [1.807, 2.05) is 6.92 Å². The zero-order valence-electron chi connectivity index (χ0n) is 11.2. The highest BCUT2D eigenvalue weighted by Crippen LogP contribution is 2.11. The number of hydrogen-bond acceptors (Lipinski definition) is 3. The van der Waals surface area contributed by atoms with Gasteiger partial charge < -0.3 is 10.0 Å². The number of aliphatic hydroxyl groups excluding tert-OH is 1. The number of nitrogens with zero attached hydrogens (tertiary/aromatic N) is 2. The van der Waals surface area contributed by atoms with Crippen molar-refractivity contribution in [3.8, 4) is 0 Å². The molecule has 3 nitrogen and oxygen atoms in total. The molecular formula is C12H28N2O. The number of aliphatic hydroxyl groups is 1. The topological polar surface area (TPSA) is 26.7 Å². The maximum atomic E-state index is 9.39. The van der Waals surface area contributed by atoms with Crippen LogP contribution in [0.15, 0.2) is 0 Å². The molecule has 3 atom stereocenters. The molecule has 0 spiro atoms. The van der Waals surface area contributed by atoms with Crippen molar-refractivity contribution in [1.29, 1.82) is 0 Å². The lowest BCUT2D eigenvalue weighted by molar-refractivity contribution is 0.0888. The van der Waals surface area contributed by atoms with Gasteiger partial charge in [0.25, 0.3) is 0 Å². The van der Waals surface area contributed by atoms with Gasteiger partial charge >= 0.3 is 0 Å². The van der Waals surface area contributed by atoms with E-state index in [4.69, 9.17) is 0 Å². The first-order valence-electron chi connectivity index (χ1n) is 5.97. The van der Waals surface area contributed by atoms with Crippen LogP contribution in [0.25, 0.3) is 0 Å². The molecule has 0 radical (unpaired) electrons. The van der Waals surface area contributed by atoms with Crippen LogP contribution < -0.4 is 0 Å². The summed E-state index contributed by atoms with van der Waals surface area (Å²) in [5.41, 5.74) is 0. The molecule has 0 saturated heterocycles. The molecule has 92 valence electrons. The summed E-state index contributed by atoms with van der Waals surface area (Å²) in [6, 6.07) is 0.990. The van der Waals surface area contributed by atoms with E-state index < -0.39 is 0 Å². The van der Waals surface area contributed by atoms with Crippen molar-refractivity contribution < 1.29 is 5.11 Å². The first kappa shape index (κ1) is 14.9. The van der Waals surface area contributed by atoms with Crippen molar-refractivity contribution in [2.24, 2.45) is 0 Å². The van der Waals surface area contributed by atoms with Crippen LogP contribution in [0.2, 0.25) is 0 Å². The van der Waals surface area contributed by atoms with Crippen molar-refractivity contribution in [1.82, 2.24) is 9.80 Å². The summed E-state index contributed by atoms with van der Waals surface area (Å²) in [5.74, 6) is 0. The molecule has 3 unspecified atom stereocenters. The van der Waals surface area contributed by atoms with Crippen LogP contribution >= 0.6 is 0 Å². The Balaban J connectivity index is 4.20. The molecule has 3 heteroatoms. The number of likely N-dealkylation sites (N-methyl/N-ethyl adjacent to an activating group) is 2. The van der Waals surface area contributed by atoms with E-state index in [-0.39, 0.29) is 6.10 Å². The van der Waals surface area contributed by atoms with Gasteiger partial charge in [-0.1, -0.05) is 6.92 Å². The monoisotopic (exact) mass is 216 g/mol. The largest absolute Gasteiger partial charge is 0.393 e. The third-order valence-corrected chi connectivity index (χ3v) is 2.81. The first-order chi connectivity index (χ1) is 6.88. The molecule has 1 N–H and O–H groups in total. The Morgan fingerprint density at radius 2 is 1.60 bits per heavy atom. The van der Waals surface area contributed by atoms with Crippen LogP contribution in [0.3, 0.4) is 0 Å². The van der Waals surface area contributed by atoms with E-state index in [1.54, 1.807) is 0 Å². The molecule has 0 aromatic rings. The Morgan fingerprint density at radius 1 is 1.07 bits per heavy atom. The molecule has 0 aliphatic carbocycles. The second-order valence-corrected chi connectivity index (χ2v) is 4.88. The van der Waals surface area contributed by atoms with Crippen molar-refractivity contribution in [2.45, 2.75) is 52.3 Å². The molecule has 0 rings (SSSR count). The molecule has 0 amide bonds. The fourth-order valence-electron chi connectivity index (χ4n) is 2.32. The van der Waals surface area contributed by atoms with Gasteiger partial charge in [0, 0.05) is 18.6 Å². The first-order valence-corrected chi connectivity index (χ1v) is 5.97.